The fourth-order valence-corrected chi connectivity index (χ4v) is 2.51. The molecule has 20 heavy (non-hydrogen) atoms. The maximum atomic E-state index is 10.8. The number of carboxylic acid groups (broad SMARTS) is 1. The highest BCUT2D eigenvalue weighted by Gasteiger charge is 2.30. The van der Waals surface area contributed by atoms with E-state index in [2.05, 4.69) is 10.3 Å². The summed E-state index contributed by atoms with van der Waals surface area (Å²) in [5, 5.41) is 14.3. The van der Waals surface area contributed by atoms with Crippen LogP contribution in [0, 0.1) is 0 Å². The molecule has 1 aromatic heterocycles. The lowest BCUT2D eigenvalue weighted by atomic mass is 10.1. The second kappa shape index (κ2) is 5.46. The van der Waals surface area contributed by atoms with Crippen molar-refractivity contribution in [3.63, 3.8) is 0 Å². The lowest BCUT2D eigenvalue weighted by Crippen LogP contribution is -2.24. The molecule has 3 rings (SSSR count). The van der Waals surface area contributed by atoms with E-state index in [1.54, 1.807) is 6.20 Å². The summed E-state index contributed by atoms with van der Waals surface area (Å²) in [4.78, 5) is 15.2. The van der Waals surface area contributed by atoms with Crippen molar-refractivity contribution in [3.8, 4) is 0 Å². The number of ether oxygens (including phenoxy) is 1. The fraction of sp³-hybridized carbons (Fsp3) is 0.333. The minimum absolute atomic E-state index is 0.0723. The summed E-state index contributed by atoms with van der Waals surface area (Å²) in [5.41, 5.74) is 0. The molecule has 2 aromatic rings. The van der Waals surface area contributed by atoms with Gasteiger partial charge in [0.2, 0.25) is 0 Å². The highest BCUT2D eigenvalue weighted by molar-refractivity contribution is 5.91. The van der Waals surface area contributed by atoms with Crippen molar-refractivity contribution in [2.45, 2.75) is 25.0 Å². The first-order chi connectivity index (χ1) is 9.74. The van der Waals surface area contributed by atoms with Crippen molar-refractivity contribution in [1.82, 2.24) is 4.98 Å². The van der Waals surface area contributed by atoms with Gasteiger partial charge in [-0.25, -0.2) is 9.78 Å². The number of carbonyl (C=O) groups is 1. The van der Waals surface area contributed by atoms with Gasteiger partial charge in [-0.05, 0) is 24.3 Å². The molecule has 104 valence electrons. The van der Waals surface area contributed by atoms with Crippen LogP contribution in [-0.4, -0.2) is 34.8 Å². The first kappa shape index (κ1) is 12.9. The second-order valence-corrected chi connectivity index (χ2v) is 4.92. The number of hydrogen-bond donors (Lipinski definition) is 2. The van der Waals surface area contributed by atoms with Gasteiger partial charge in [0, 0.05) is 18.1 Å². The third kappa shape index (κ3) is 2.58. The van der Waals surface area contributed by atoms with Crippen molar-refractivity contribution in [2.75, 3.05) is 11.9 Å². The van der Waals surface area contributed by atoms with Gasteiger partial charge >= 0.3 is 5.97 Å². The van der Waals surface area contributed by atoms with Gasteiger partial charge in [-0.15, -0.1) is 0 Å². The topological polar surface area (TPSA) is 71.5 Å². The zero-order valence-corrected chi connectivity index (χ0v) is 11.0. The Morgan fingerprint density at radius 2 is 2.20 bits per heavy atom. The zero-order valence-electron chi connectivity index (χ0n) is 11.0. The fourth-order valence-electron chi connectivity index (χ4n) is 2.51. The van der Waals surface area contributed by atoms with Gasteiger partial charge in [0.05, 0.1) is 6.10 Å². The van der Waals surface area contributed by atoms with E-state index in [9.17, 15) is 4.79 Å². The first-order valence-corrected chi connectivity index (χ1v) is 6.70. The van der Waals surface area contributed by atoms with Crippen LogP contribution in [0.3, 0.4) is 0 Å². The molecular weight excluding hydrogens is 256 g/mol. The average molecular weight is 272 g/mol. The van der Waals surface area contributed by atoms with Crippen LogP contribution in [0.4, 0.5) is 5.82 Å². The molecule has 2 heterocycles. The number of benzene rings is 1. The SMILES string of the molecule is O=C(O)C1CCC(CNc2nccc3ccccc23)O1. The number of fused-ring (bicyclic) bond motifs is 1. The van der Waals surface area contributed by atoms with Gasteiger partial charge in [-0.1, -0.05) is 24.3 Å². The largest absolute Gasteiger partial charge is 0.479 e. The number of carboxylic acids is 1. The molecule has 5 heteroatoms. The number of rotatable bonds is 4. The molecule has 0 amide bonds. The molecule has 1 saturated heterocycles. The highest BCUT2D eigenvalue weighted by Crippen LogP contribution is 2.23. The van der Waals surface area contributed by atoms with E-state index in [1.165, 1.54) is 0 Å². The van der Waals surface area contributed by atoms with Gasteiger partial charge in [0.1, 0.15) is 5.82 Å². The first-order valence-electron chi connectivity index (χ1n) is 6.70. The second-order valence-electron chi connectivity index (χ2n) is 4.92. The molecule has 1 aliphatic rings. The predicted octanol–water partition coefficient (Wildman–Crippen LogP) is 2.28. The van der Waals surface area contributed by atoms with Crippen LogP contribution in [0.15, 0.2) is 36.5 Å². The van der Waals surface area contributed by atoms with E-state index in [0.717, 1.165) is 23.0 Å². The molecule has 2 N–H and O–H groups in total. The van der Waals surface area contributed by atoms with E-state index in [0.29, 0.717) is 13.0 Å². The Morgan fingerprint density at radius 1 is 1.35 bits per heavy atom. The molecule has 0 bridgehead atoms. The van der Waals surface area contributed by atoms with E-state index in [1.807, 2.05) is 30.3 Å². The lowest BCUT2D eigenvalue weighted by molar-refractivity contribution is -0.149. The summed E-state index contributed by atoms with van der Waals surface area (Å²) < 4.78 is 5.47. The van der Waals surface area contributed by atoms with Crippen LogP contribution < -0.4 is 5.32 Å². The van der Waals surface area contributed by atoms with Crippen molar-refractivity contribution in [1.29, 1.82) is 0 Å². The minimum Gasteiger partial charge on any atom is -0.479 e. The van der Waals surface area contributed by atoms with Crippen LogP contribution in [-0.2, 0) is 9.53 Å². The quantitative estimate of drug-likeness (QED) is 0.893. The maximum absolute atomic E-state index is 10.8. The summed E-state index contributed by atoms with van der Waals surface area (Å²) in [6, 6.07) is 9.98. The summed E-state index contributed by atoms with van der Waals surface area (Å²) in [6.07, 6.45) is 2.36. The van der Waals surface area contributed by atoms with E-state index >= 15 is 0 Å². The highest BCUT2D eigenvalue weighted by atomic mass is 16.5. The monoisotopic (exact) mass is 272 g/mol. The number of aromatic nitrogens is 1. The molecule has 0 spiro atoms. The van der Waals surface area contributed by atoms with Gasteiger partial charge in [0.15, 0.2) is 6.10 Å². The number of anilines is 1. The van der Waals surface area contributed by atoms with Crippen LogP contribution in [0.5, 0.6) is 0 Å². The van der Waals surface area contributed by atoms with Crippen molar-refractivity contribution >= 4 is 22.6 Å². The zero-order chi connectivity index (χ0) is 13.9. The van der Waals surface area contributed by atoms with E-state index in [-0.39, 0.29) is 6.10 Å². The van der Waals surface area contributed by atoms with Crippen molar-refractivity contribution in [3.05, 3.63) is 36.5 Å². The third-order valence-corrected chi connectivity index (χ3v) is 3.55. The number of aliphatic carboxylic acids is 1. The number of hydrogen-bond acceptors (Lipinski definition) is 4. The standard InChI is InChI=1S/C15H16N2O3/c18-15(19)13-6-5-11(20-13)9-17-14-12-4-2-1-3-10(12)7-8-16-14/h1-4,7-8,11,13H,5-6,9H2,(H,16,17)(H,18,19). The molecule has 0 saturated carbocycles. The predicted molar refractivity (Wildman–Crippen MR) is 75.8 cm³/mol. The van der Waals surface area contributed by atoms with Gasteiger partial charge in [-0.2, -0.15) is 0 Å². The number of nitrogens with zero attached hydrogens (tertiary/aromatic N) is 1. The minimum atomic E-state index is -0.879. The Labute approximate surface area is 116 Å². The molecule has 5 nitrogen and oxygen atoms in total. The van der Waals surface area contributed by atoms with E-state index < -0.39 is 12.1 Å². The molecule has 0 aliphatic carbocycles. The molecule has 1 aliphatic heterocycles. The van der Waals surface area contributed by atoms with Crippen molar-refractivity contribution in [2.24, 2.45) is 0 Å². The van der Waals surface area contributed by atoms with Gasteiger partial charge in [-0.3, -0.25) is 0 Å². The average Bonchev–Trinajstić information content (AvgIpc) is 2.94. The molecular formula is C15H16N2O3. The Balaban J connectivity index is 1.67. The third-order valence-electron chi connectivity index (χ3n) is 3.55. The molecule has 2 atom stereocenters. The molecule has 2 unspecified atom stereocenters. The Kier molecular flexibility index (Phi) is 3.52. The Hall–Kier alpha value is -2.14. The molecule has 1 aromatic carbocycles. The summed E-state index contributed by atoms with van der Waals surface area (Å²) in [5.74, 6) is -0.0683. The van der Waals surface area contributed by atoms with Gasteiger partial charge in [0.25, 0.3) is 0 Å². The Morgan fingerprint density at radius 3 is 3.00 bits per heavy atom. The normalized spacial score (nSPS) is 22.0. The molecule has 0 radical (unpaired) electrons. The van der Waals surface area contributed by atoms with Crippen LogP contribution in [0.2, 0.25) is 0 Å². The van der Waals surface area contributed by atoms with Crippen LogP contribution in [0.25, 0.3) is 10.8 Å². The molecule has 1 fully saturated rings. The van der Waals surface area contributed by atoms with Crippen molar-refractivity contribution < 1.29 is 14.6 Å². The lowest BCUT2D eigenvalue weighted by Gasteiger charge is -2.14. The summed E-state index contributed by atoms with van der Waals surface area (Å²) in [7, 11) is 0. The summed E-state index contributed by atoms with van der Waals surface area (Å²) in [6.45, 7) is 0.574. The smallest absolute Gasteiger partial charge is 0.332 e. The van der Waals surface area contributed by atoms with E-state index in [4.69, 9.17) is 9.84 Å². The number of pyridine rings is 1. The van der Waals surface area contributed by atoms with Gasteiger partial charge < -0.3 is 15.2 Å². The Bertz CT molecular complexity index is 624. The number of nitrogens with one attached hydrogen (secondary N) is 1. The maximum Gasteiger partial charge on any atom is 0.332 e. The van der Waals surface area contributed by atoms with Crippen LogP contribution in [0.1, 0.15) is 12.8 Å². The summed E-state index contributed by atoms with van der Waals surface area (Å²) >= 11 is 0. The van der Waals surface area contributed by atoms with Crippen LogP contribution >= 0.6 is 0 Å².